The Kier molecular flexibility index (Phi) is 3.95. The lowest BCUT2D eigenvalue weighted by Gasteiger charge is -2.20. The van der Waals surface area contributed by atoms with Crippen LogP contribution in [-0.2, 0) is 11.3 Å². The van der Waals surface area contributed by atoms with E-state index < -0.39 is 18.4 Å². The fraction of sp³-hybridized carbons (Fsp3) is 0.364. The fourth-order valence-corrected chi connectivity index (χ4v) is 1.36. The minimum absolute atomic E-state index is 0.295. The Balaban J connectivity index is 2.54. The normalized spacial score (nSPS) is 11.8. The average Bonchev–Trinajstić information content (AvgIpc) is 2.17. The van der Waals surface area contributed by atoms with Gasteiger partial charge in [0.25, 0.3) is 0 Å². The lowest BCUT2D eigenvalue weighted by atomic mass is 10.2. The van der Waals surface area contributed by atoms with E-state index in [1.807, 2.05) is 6.07 Å². The highest BCUT2D eigenvalue weighted by Gasteiger charge is 2.39. The van der Waals surface area contributed by atoms with E-state index in [1.165, 1.54) is 11.9 Å². The van der Waals surface area contributed by atoms with Crippen LogP contribution in [-0.4, -0.2) is 35.5 Å². The second-order valence-corrected chi connectivity index (χ2v) is 3.67. The van der Waals surface area contributed by atoms with Crippen molar-refractivity contribution in [3.05, 3.63) is 35.9 Å². The molecule has 0 atom stereocenters. The van der Waals surface area contributed by atoms with Crippen LogP contribution in [0, 0.1) is 0 Å². The monoisotopic (exact) mass is 229 g/mol. The summed E-state index contributed by atoms with van der Waals surface area (Å²) in [5, 5.41) is 8.28. The molecule has 3 nitrogen and oxygen atoms in total. The van der Waals surface area contributed by atoms with E-state index in [4.69, 9.17) is 5.11 Å². The van der Waals surface area contributed by atoms with Gasteiger partial charge in [0.05, 0.1) is 6.54 Å². The first kappa shape index (κ1) is 12.6. The average molecular weight is 229 g/mol. The first-order chi connectivity index (χ1) is 7.42. The Morgan fingerprint density at radius 3 is 2.44 bits per heavy atom. The molecule has 0 saturated heterocycles. The molecule has 0 aliphatic rings. The first-order valence-electron chi connectivity index (χ1n) is 4.75. The van der Waals surface area contributed by atoms with Crippen LogP contribution in [0.4, 0.5) is 8.78 Å². The third kappa shape index (κ3) is 3.58. The predicted molar refractivity (Wildman–Crippen MR) is 55.4 cm³/mol. The zero-order valence-corrected chi connectivity index (χ0v) is 8.86. The van der Waals surface area contributed by atoms with Crippen molar-refractivity contribution in [2.45, 2.75) is 12.5 Å². The quantitative estimate of drug-likeness (QED) is 0.837. The molecule has 1 rings (SSSR count). The minimum atomic E-state index is -3.70. The van der Waals surface area contributed by atoms with E-state index in [2.05, 4.69) is 0 Å². The number of carboxylic acids is 1. The molecule has 5 heteroatoms. The topological polar surface area (TPSA) is 40.5 Å². The van der Waals surface area contributed by atoms with Gasteiger partial charge in [-0.25, -0.2) is 4.79 Å². The lowest BCUT2D eigenvalue weighted by molar-refractivity contribution is -0.167. The number of hydrogen-bond donors (Lipinski definition) is 1. The third-order valence-electron chi connectivity index (χ3n) is 2.08. The number of halogens is 2. The van der Waals surface area contributed by atoms with Crippen molar-refractivity contribution >= 4 is 5.97 Å². The van der Waals surface area contributed by atoms with E-state index in [9.17, 15) is 13.6 Å². The zero-order valence-electron chi connectivity index (χ0n) is 8.86. The Hall–Kier alpha value is -1.49. The molecule has 0 heterocycles. The van der Waals surface area contributed by atoms with Crippen LogP contribution >= 0.6 is 0 Å². The van der Waals surface area contributed by atoms with Gasteiger partial charge in [-0.2, -0.15) is 8.78 Å². The number of carboxylic acid groups (broad SMARTS) is 1. The SMILES string of the molecule is CN(Cc1ccccc1)CC(F)(F)C(=O)O. The lowest BCUT2D eigenvalue weighted by Crippen LogP contribution is -2.40. The maximum absolute atomic E-state index is 12.9. The van der Waals surface area contributed by atoms with Crippen molar-refractivity contribution in [2.24, 2.45) is 0 Å². The fourth-order valence-electron chi connectivity index (χ4n) is 1.36. The van der Waals surface area contributed by atoms with Crippen LogP contribution in [0.2, 0.25) is 0 Å². The van der Waals surface area contributed by atoms with Crippen LogP contribution in [0.3, 0.4) is 0 Å². The maximum atomic E-state index is 12.9. The minimum Gasteiger partial charge on any atom is -0.477 e. The molecule has 88 valence electrons. The van der Waals surface area contributed by atoms with Crippen LogP contribution < -0.4 is 0 Å². The van der Waals surface area contributed by atoms with E-state index in [-0.39, 0.29) is 0 Å². The molecule has 16 heavy (non-hydrogen) atoms. The summed E-state index contributed by atoms with van der Waals surface area (Å²) < 4.78 is 25.7. The Morgan fingerprint density at radius 1 is 1.38 bits per heavy atom. The Morgan fingerprint density at radius 2 is 1.94 bits per heavy atom. The maximum Gasteiger partial charge on any atom is 0.375 e. The van der Waals surface area contributed by atoms with Gasteiger partial charge >= 0.3 is 11.9 Å². The summed E-state index contributed by atoms with van der Waals surface area (Å²) in [7, 11) is 1.46. The number of rotatable bonds is 5. The van der Waals surface area contributed by atoms with Gasteiger partial charge in [-0.05, 0) is 12.6 Å². The summed E-state index contributed by atoms with van der Waals surface area (Å²) >= 11 is 0. The van der Waals surface area contributed by atoms with Crippen molar-refractivity contribution in [1.29, 1.82) is 0 Å². The summed E-state index contributed by atoms with van der Waals surface area (Å²) in [4.78, 5) is 11.5. The molecule has 1 aromatic carbocycles. The molecule has 0 amide bonds. The molecule has 0 spiro atoms. The first-order valence-corrected chi connectivity index (χ1v) is 4.75. The molecule has 0 saturated carbocycles. The number of carbonyl (C=O) groups is 1. The van der Waals surface area contributed by atoms with Gasteiger partial charge in [0.15, 0.2) is 0 Å². The summed E-state index contributed by atoms with van der Waals surface area (Å²) in [5.41, 5.74) is 0.867. The van der Waals surface area contributed by atoms with Crippen molar-refractivity contribution in [1.82, 2.24) is 4.90 Å². The van der Waals surface area contributed by atoms with Crippen molar-refractivity contribution in [3.63, 3.8) is 0 Å². The van der Waals surface area contributed by atoms with Crippen molar-refractivity contribution in [3.8, 4) is 0 Å². The van der Waals surface area contributed by atoms with E-state index >= 15 is 0 Å². The predicted octanol–water partition coefficient (Wildman–Crippen LogP) is 1.84. The van der Waals surface area contributed by atoms with Crippen molar-refractivity contribution in [2.75, 3.05) is 13.6 Å². The summed E-state index contributed by atoms with van der Waals surface area (Å²) in [6.45, 7) is -0.499. The standard InChI is InChI=1S/C11H13F2NO2/c1-14(8-11(12,13)10(15)16)7-9-5-3-2-4-6-9/h2-6H,7-8H2,1H3,(H,15,16). The van der Waals surface area contributed by atoms with E-state index in [0.29, 0.717) is 6.54 Å². The molecule has 0 aromatic heterocycles. The van der Waals surface area contributed by atoms with Crippen LogP contribution in [0.15, 0.2) is 30.3 Å². The molecule has 0 fully saturated rings. The van der Waals surface area contributed by atoms with Crippen LogP contribution in [0.25, 0.3) is 0 Å². The molecule has 0 aliphatic heterocycles. The van der Waals surface area contributed by atoms with Gasteiger partial charge in [-0.1, -0.05) is 30.3 Å². The Bertz CT molecular complexity index is 354. The molecule has 0 radical (unpaired) electrons. The number of benzene rings is 1. The number of hydrogen-bond acceptors (Lipinski definition) is 2. The van der Waals surface area contributed by atoms with E-state index in [1.54, 1.807) is 24.3 Å². The van der Waals surface area contributed by atoms with Crippen LogP contribution in [0.1, 0.15) is 5.56 Å². The number of nitrogens with zero attached hydrogens (tertiary/aromatic N) is 1. The van der Waals surface area contributed by atoms with Crippen LogP contribution in [0.5, 0.6) is 0 Å². The third-order valence-corrected chi connectivity index (χ3v) is 2.08. The smallest absolute Gasteiger partial charge is 0.375 e. The van der Waals surface area contributed by atoms with Gasteiger partial charge in [0, 0.05) is 6.54 Å². The summed E-state index contributed by atoms with van der Waals surface area (Å²) in [6, 6.07) is 9.04. The largest absolute Gasteiger partial charge is 0.477 e. The molecule has 1 aromatic rings. The molecular formula is C11H13F2NO2. The highest BCUT2D eigenvalue weighted by Crippen LogP contribution is 2.16. The molecular weight excluding hydrogens is 216 g/mol. The van der Waals surface area contributed by atoms with Gasteiger partial charge in [-0.15, -0.1) is 0 Å². The Labute approximate surface area is 92.3 Å². The number of aliphatic carboxylic acids is 1. The summed E-state index contributed by atoms with van der Waals surface area (Å²) in [6.07, 6.45) is 0. The number of alkyl halides is 2. The molecule has 0 bridgehead atoms. The molecule has 0 unspecified atom stereocenters. The highest BCUT2D eigenvalue weighted by molar-refractivity contribution is 5.75. The van der Waals surface area contributed by atoms with Gasteiger partial charge in [0.2, 0.25) is 0 Å². The zero-order chi connectivity index (χ0) is 12.2. The van der Waals surface area contributed by atoms with Crippen molar-refractivity contribution < 1.29 is 18.7 Å². The van der Waals surface area contributed by atoms with Gasteiger partial charge in [-0.3, -0.25) is 4.90 Å². The highest BCUT2D eigenvalue weighted by atomic mass is 19.3. The second kappa shape index (κ2) is 5.03. The summed E-state index contributed by atoms with van der Waals surface area (Å²) in [5.74, 6) is -5.80. The van der Waals surface area contributed by atoms with Gasteiger partial charge < -0.3 is 5.11 Å². The molecule has 1 N–H and O–H groups in total. The van der Waals surface area contributed by atoms with E-state index in [0.717, 1.165) is 5.56 Å². The molecule has 0 aliphatic carbocycles. The van der Waals surface area contributed by atoms with Gasteiger partial charge in [0.1, 0.15) is 0 Å². The second-order valence-electron chi connectivity index (χ2n) is 3.67.